The molecule has 0 heterocycles. The normalized spacial score (nSPS) is 28.7. The van der Waals surface area contributed by atoms with Crippen molar-refractivity contribution in [2.24, 2.45) is 21.3 Å². The summed E-state index contributed by atoms with van der Waals surface area (Å²) in [6.45, 7) is 4.80. The molecule has 0 spiro atoms. The second-order valence-electron chi connectivity index (χ2n) is 4.98. The molecule has 1 fully saturated rings. The Bertz CT molecular complexity index is 313. The van der Waals surface area contributed by atoms with Crippen LogP contribution in [-0.4, -0.2) is 24.7 Å². The van der Waals surface area contributed by atoms with Gasteiger partial charge in [0.25, 0.3) is 0 Å². The zero-order valence-electron chi connectivity index (χ0n) is 9.19. The number of carbonyl (C=O) groups excluding carboxylic acids is 2. The van der Waals surface area contributed by atoms with Crippen LogP contribution in [0.4, 0.5) is 0 Å². The summed E-state index contributed by atoms with van der Waals surface area (Å²) < 4.78 is 0. The fourth-order valence-electron chi connectivity index (χ4n) is 2.53. The Morgan fingerprint density at radius 3 is 2.60 bits per heavy atom. The predicted octanol–water partition coefficient (Wildman–Crippen LogP) is 1.85. The van der Waals surface area contributed by atoms with Crippen molar-refractivity contribution >= 4 is 12.2 Å². The molecule has 0 saturated heterocycles. The zero-order valence-corrected chi connectivity index (χ0v) is 9.19. The van der Waals surface area contributed by atoms with E-state index in [9.17, 15) is 9.59 Å². The number of rotatable bonds is 3. The minimum absolute atomic E-state index is 0.0399. The van der Waals surface area contributed by atoms with E-state index in [1.807, 2.05) is 0 Å². The van der Waals surface area contributed by atoms with Gasteiger partial charge in [0.05, 0.1) is 12.6 Å². The summed E-state index contributed by atoms with van der Waals surface area (Å²) in [4.78, 5) is 27.7. The van der Waals surface area contributed by atoms with Crippen LogP contribution in [0.1, 0.15) is 33.1 Å². The van der Waals surface area contributed by atoms with Gasteiger partial charge in [-0.15, -0.1) is 0 Å². The fourth-order valence-corrected chi connectivity index (χ4v) is 2.53. The number of hydrogen-bond donors (Lipinski definition) is 0. The van der Waals surface area contributed by atoms with E-state index in [-0.39, 0.29) is 11.5 Å². The standard InChI is InChI=1S/C11H16N2O2/c1-11(2)4-9(6-12-7-14)3-10(5-11)13-8-15/h9-10H,3-6H2,1-2H3. The molecular formula is C11H16N2O2. The van der Waals surface area contributed by atoms with Crippen molar-refractivity contribution in [3.63, 3.8) is 0 Å². The highest BCUT2D eigenvalue weighted by Crippen LogP contribution is 2.39. The maximum absolute atomic E-state index is 10.2. The maximum Gasteiger partial charge on any atom is 0.235 e. The Morgan fingerprint density at radius 1 is 1.27 bits per heavy atom. The Morgan fingerprint density at radius 2 is 2.00 bits per heavy atom. The third kappa shape index (κ3) is 3.78. The third-order valence-electron chi connectivity index (χ3n) is 2.88. The van der Waals surface area contributed by atoms with Gasteiger partial charge in [0, 0.05) is 0 Å². The summed E-state index contributed by atoms with van der Waals surface area (Å²) in [6, 6.07) is 0.0399. The van der Waals surface area contributed by atoms with Crippen molar-refractivity contribution in [1.82, 2.24) is 0 Å². The molecule has 0 aromatic heterocycles. The van der Waals surface area contributed by atoms with Gasteiger partial charge in [0.2, 0.25) is 12.2 Å². The summed E-state index contributed by atoms with van der Waals surface area (Å²) in [7, 11) is 0. The molecule has 2 atom stereocenters. The molecule has 4 heteroatoms. The summed E-state index contributed by atoms with van der Waals surface area (Å²) in [6.07, 6.45) is 5.92. The van der Waals surface area contributed by atoms with E-state index in [2.05, 4.69) is 23.8 Å². The number of isocyanates is 2. The first-order valence-corrected chi connectivity index (χ1v) is 5.18. The molecule has 0 amide bonds. The lowest BCUT2D eigenvalue weighted by Crippen LogP contribution is -2.32. The van der Waals surface area contributed by atoms with Gasteiger partial charge in [0.1, 0.15) is 0 Å². The van der Waals surface area contributed by atoms with E-state index in [0.29, 0.717) is 12.5 Å². The van der Waals surface area contributed by atoms with Crippen LogP contribution in [0.15, 0.2) is 9.98 Å². The van der Waals surface area contributed by atoms with E-state index in [1.165, 1.54) is 0 Å². The summed E-state index contributed by atoms with van der Waals surface area (Å²) in [5.41, 5.74) is 0.159. The van der Waals surface area contributed by atoms with Crippen LogP contribution in [0, 0.1) is 11.3 Å². The quantitative estimate of drug-likeness (QED) is 0.525. The first-order valence-electron chi connectivity index (χ1n) is 5.18. The van der Waals surface area contributed by atoms with Gasteiger partial charge < -0.3 is 0 Å². The highest BCUT2D eigenvalue weighted by molar-refractivity contribution is 5.34. The highest BCUT2D eigenvalue weighted by atomic mass is 16.1. The van der Waals surface area contributed by atoms with E-state index in [4.69, 9.17) is 0 Å². The average Bonchev–Trinajstić information content (AvgIpc) is 2.13. The van der Waals surface area contributed by atoms with Crippen LogP contribution < -0.4 is 0 Å². The Hall–Kier alpha value is -1.24. The van der Waals surface area contributed by atoms with Gasteiger partial charge in [0.15, 0.2) is 0 Å². The molecule has 82 valence electrons. The Kier molecular flexibility index (Phi) is 3.96. The predicted molar refractivity (Wildman–Crippen MR) is 56.0 cm³/mol. The molecule has 15 heavy (non-hydrogen) atoms. The lowest BCUT2D eigenvalue weighted by Gasteiger charge is -2.37. The zero-order chi connectivity index (χ0) is 11.3. The van der Waals surface area contributed by atoms with Crippen molar-refractivity contribution in [3.8, 4) is 0 Å². The van der Waals surface area contributed by atoms with Crippen LogP contribution in [-0.2, 0) is 9.59 Å². The highest BCUT2D eigenvalue weighted by Gasteiger charge is 2.33. The van der Waals surface area contributed by atoms with Crippen molar-refractivity contribution < 1.29 is 9.59 Å². The molecule has 0 aromatic rings. The van der Waals surface area contributed by atoms with Gasteiger partial charge in [-0.2, -0.15) is 0 Å². The van der Waals surface area contributed by atoms with Gasteiger partial charge in [-0.1, -0.05) is 13.8 Å². The number of hydrogen-bond acceptors (Lipinski definition) is 4. The van der Waals surface area contributed by atoms with Crippen LogP contribution in [0.5, 0.6) is 0 Å². The first kappa shape index (κ1) is 11.8. The molecule has 0 aromatic carbocycles. The molecule has 1 rings (SSSR count). The SMILES string of the molecule is CC1(C)CC(CN=C=O)CC(N=C=O)C1. The second kappa shape index (κ2) is 5.01. The smallest absolute Gasteiger partial charge is 0.211 e. The van der Waals surface area contributed by atoms with Gasteiger partial charge in [-0.05, 0) is 30.6 Å². The Balaban J connectivity index is 2.66. The minimum Gasteiger partial charge on any atom is -0.211 e. The van der Waals surface area contributed by atoms with E-state index < -0.39 is 0 Å². The topological polar surface area (TPSA) is 58.9 Å². The van der Waals surface area contributed by atoms with Gasteiger partial charge in [-0.25, -0.2) is 19.6 Å². The van der Waals surface area contributed by atoms with Crippen molar-refractivity contribution in [1.29, 1.82) is 0 Å². The first-order chi connectivity index (χ1) is 7.07. The van der Waals surface area contributed by atoms with Crippen LogP contribution in [0.3, 0.4) is 0 Å². The van der Waals surface area contributed by atoms with Crippen molar-refractivity contribution in [2.45, 2.75) is 39.2 Å². The van der Waals surface area contributed by atoms with Crippen LogP contribution >= 0.6 is 0 Å². The molecule has 4 nitrogen and oxygen atoms in total. The lowest BCUT2D eigenvalue weighted by molar-refractivity contribution is 0.165. The van der Waals surface area contributed by atoms with E-state index in [0.717, 1.165) is 19.3 Å². The molecule has 0 aliphatic heterocycles. The monoisotopic (exact) mass is 208 g/mol. The molecule has 0 radical (unpaired) electrons. The summed E-state index contributed by atoms with van der Waals surface area (Å²) in [5, 5.41) is 0. The van der Waals surface area contributed by atoms with Crippen molar-refractivity contribution in [2.75, 3.05) is 6.54 Å². The summed E-state index contributed by atoms with van der Waals surface area (Å²) in [5.74, 6) is 0.331. The van der Waals surface area contributed by atoms with Gasteiger partial charge in [-0.3, -0.25) is 0 Å². The summed E-state index contributed by atoms with van der Waals surface area (Å²) >= 11 is 0. The second-order valence-corrected chi connectivity index (χ2v) is 4.98. The molecule has 1 aliphatic rings. The fraction of sp³-hybridized carbons (Fsp3) is 0.818. The molecule has 0 bridgehead atoms. The molecule has 1 aliphatic carbocycles. The molecule has 0 N–H and O–H groups in total. The lowest BCUT2D eigenvalue weighted by atomic mass is 9.70. The minimum atomic E-state index is 0.0399. The largest absolute Gasteiger partial charge is 0.235 e. The van der Waals surface area contributed by atoms with E-state index >= 15 is 0 Å². The van der Waals surface area contributed by atoms with Crippen LogP contribution in [0.2, 0.25) is 0 Å². The molecular weight excluding hydrogens is 192 g/mol. The van der Waals surface area contributed by atoms with Crippen molar-refractivity contribution in [3.05, 3.63) is 0 Å². The third-order valence-corrected chi connectivity index (χ3v) is 2.88. The average molecular weight is 208 g/mol. The van der Waals surface area contributed by atoms with Gasteiger partial charge >= 0.3 is 0 Å². The maximum atomic E-state index is 10.2. The molecule has 2 unspecified atom stereocenters. The number of nitrogens with zero attached hydrogens (tertiary/aromatic N) is 2. The van der Waals surface area contributed by atoms with E-state index in [1.54, 1.807) is 12.2 Å². The van der Waals surface area contributed by atoms with Crippen LogP contribution in [0.25, 0.3) is 0 Å². The molecule has 1 saturated carbocycles. The Labute approximate surface area is 89.5 Å². The number of aliphatic imine (C=N–C) groups is 2.